The summed E-state index contributed by atoms with van der Waals surface area (Å²) in [7, 11) is 0. The number of ether oxygens (including phenoxy) is 1. The van der Waals surface area contributed by atoms with E-state index in [1.165, 1.54) is 23.1 Å². The van der Waals surface area contributed by atoms with Crippen LogP contribution in [0.5, 0.6) is 0 Å². The van der Waals surface area contributed by atoms with E-state index in [0.29, 0.717) is 19.7 Å². The molecule has 0 N–H and O–H groups in total. The van der Waals surface area contributed by atoms with Gasteiger partial charge in [-0.3, -0.25) is 4.79 Å². The van der Waals surface area contributed by atoms with Crippen LogP contribution in [-0.4, -0.2) is 36.1 Å². The number of halogens is 4. The van der Waals surface area contributed by atoms with Gasteiger partial charge in [-0.05, 0) is 49.2 Å². The molecule has 0 bridgehead atoms. The van der Waals surface area contributed by atoms with Crippen molar-refractivity contribution in [2.45, 2.75) is 25.6 Å². The largest absolute Gasteiger partial charge is 0.416 e. The van der Waals surface area contributed by atoms with E-state index in [4.69, 9.17) is 4.74 Å². The van der Waals surface area contributed by atoms with E-state index in [1.54, 1.807) is 0 Å². The lowest BCUT2D eigenvalue weighted by molar-refractivity contribution is -0.137. The van der Waals surface area contributed by atoms with Gasteiger partial charge in [-0.2, -0.15) is 13.2 Å². The summed E-state index contributed by atoms with van der Waals surface area (Å²) in [5, 5.41) is 0. The lowest BCUT2D eigenvalue weighted by Crippen LogP contribution is -2.50. The van der Waals surface area contributed by atoms with Gasteiger partial charge in [0, 0.05) is 13.1 Å². The fourth-order valence-electron chi connectivity index (χ4n) is 3.17. The third kappa shape index (κ3) is 4.30. The molecule has 1 amide bonds. The molecule has 1 aliphatic rings. The summed E-state index contributed by atoms with van der Waals surface area (Å²) in [5.74, 6) is -1.06. The predicted molar refractivity (Wildman–Crippen MR) is 92.8 cm³/mol. The van der Waals surface area contributed by atoms with Crippen LogP contribution in [0.3, 0.4) is 0 Å². The summed E-state index contributed by atoms with van der Waals surface area (Å²) in [6.45, 7) is 4.66. The molecule has 2 aromatic rings. The molecule has 1 fully saturated rings. The summed E-state index contributed by atoms with van der Waals surface area (Å²) >= 11 is 0. The van der Waals surface area contributed by atoms with E-state index in [2.05, 4.69) is 0 Å². The second-order valence-electron chi connectivity index (χ2n) is 7.10. The smallest absolute Gasteiger partial charge is 0.372 e. The molecule has 0 unspecified atom stereocenters. The molecule has 1 aliphatic heterocycles. The van der Waals surface area contributed by atoms with Crippen LogP contribution in [0.15, 0.2) is 42.5 Å². The zero-order chi connectivity index (χ0) is 19.8. The van der Waals surface area contributed by atoms with Gasteiger partial charge < -0.3 is 9.64 Å². The molecule has 3 nitrogen and oxygen atoms in total. The Labute approximate surface area is 154 Å². The number of rotatable bonds is 2. The second kappa shape index (κ2) is 6.96. The number of carbonyl (C=O) groups excluding carboxylic acids is 1. The number of carbonyl (C=O) groups is 1. The topological polar surface area (TPSA) is 29.5 Å². The maximum absolute atomic E-state index is 13.8. The Kier molecular flexibility index (Phi) is 4.99. The highest BCUT2D eigenvalue weighted by Gasteiger charge is 2.33. The number of benzene rings is 2. The van der Waals surface area contributed by atoms with Crippen LogP contribution in [0.2, 0.25) is 0 Å². The Morgan fingerprint density at radius 3 is 2.56 bits per heavy atom. The van der Waals surface area contributed by atoms with Crippen LogP contribution < -0.4 is 0 Å². The first-order valence-corrected chi connectivity index (χ1v) is 8.47. The molecule has 0 aromatic heterocycles. The highest BCUT2D eigenvalue weighted by molar-refractivity contribution is 6.01. The quantitative estimate of drug-likeness (QED) is 0.702. The Bertz CT molecular complexity index is 861. The van der Waals surface area contributed by atoms with Crippen molar-refractivity contribution in [3.05, 3.63) is 59.4 Å². The molecule has 0 spiro atoms. The molecule has 3 rings (SSSR count). The lowest BCUT2D eigenvalue weighted by atomic mass is 9.96. The van der Waals surface area contributed by atoms with Crippen molar-refractivity contribution >= 4 is 5.91 Å². The Morgan fingerprint density at radius 2 is 1.89 bits per heavy atom. The Balaban J connectivity index is 2.03. The molecule has 0 aliphatic carbocycles. The molecular formula is C20H19F4NO2. The molecule has 7 heteroatoms. The van der Waals surface area contributed by atoms with Crippen molar-refractivity contribution in [3.8, 4) is 11.1 Å². The van der Waals surface area contributed by atoms with Gasteiger partial charge in [0.1, 0.15) is 5.82 Å². The molecule has 0 saturated carbocycles. The van der Waals surface area contributed by atoms with Crippen molar-refractivity contribution in [2.24, 2.45) is 0 Å². The van der Waals surface area contributed by atoms with Crippen molar-refractivity contribution in [2.75, 3.05) is 19.7 Å². The number of morpholine rings is 1. The highest BCUT2D eigenvalue weighted by atomic mass is 19.4. The normalized spacial score (nSPS) is 17.0. The molecule has 0 atom stereocenters. The summed E-state index contributed by atoms with van der Waals surface area (Å²) in [6.07, 6.45) is -4.51. The average Bonchev–Trinajstić information content (AvgIpc) is 2.59. The third-order valence-corrected chi connectivity index (χ3v) is 4.43. The predicted octanol–water partition coefficient (Wildman–Crippen LogP) is 4.76. The first-order valence-electron chi connectivity index (χ1n) is 8.47. The minimum absolute atomic E-state index is 0.0343. The molecule has 27 heavy (non-hydrogen) atoms. The van der Waals surface area contributed by atoms with Crippen LogP contribution in [0.25, 0.3) is 11.1 Å². The van der Waals surface area contributed by atoms with E-state index < -0.39 is 29.1 Å². The summed E-state index contributed by atoms with van der Waals surface area (Å²) < 4.78 is 58.5. The van der Waals surface area contributed by atoms with Crippen LogP contribution in [0.4, 0.5) is 17.6 Å². The molecule has 2 aromatic carbocycles. The molecule has 0 radical (unpaired) electrons. The fraction of sp³-hybridized carbons (Fsp3) is 0.350. The zero-order valence-electron chi connectivity index (χ0n) is 14.9. The van der Waals surface area contributed by atoms with Gasteiger partial charge in [0.05, 0.1) is 23.3 Å². The summed E-state index contributed by atoms with van der Waals surface area (Å²) in [6, 6.07) is 8.21. The van der Waals surface area contributed by atoms with Crippen molar-refractivity contribution in [3.63, 3.8) is 0 Å². The first-order chi connectivity index (χ1) is 12.6. The van der Waals surface area contributed by atoms with Crippen molar-refractivity contribution in [1.29, 1.82) is 0 Å². The highest BCUT2D eigenvalue weighted by Crippen LogP contribution is 2.34. The maximum Gasteiger partial charge on any atom is 0.416 e. The van der Waals surface area contributed by atoms with Gasteiger partial charge in [0.25, 0.3) is 5.91 Å². The van der Waals surface area contributed by atoms with Gasteiger partial charge in [0.2, 0.25) is 0 Å². The fourth-order valence-corrected chi connectivity index (χ4v) is 3.17. The van der Waals surface area contributed by atoms with Crippen LogP contribution in [0.1, 0.15) is 29.8 Å². The Hall–Kier alpha value is -2.41. The third-order valence-electron chi connectivity index (χ3n) is 4.43. The maximum atomic E-state index is 13.8. The van der Waals surface area contributed by atoms with Crippen LogP contribution in [0, 0.1) is 5.82 Å². The summed E-state index contributed by atoms with van der Waals surface area (Å²) in [5.41, 5.74) is -0.864. The summed E-state index contributed by atoms with van der Waals surface area (Å²) in [4.78, 5) is 14.5. The second-order valence-corrected chi connectivity index (χ2v) is 7.10. The molecule has 1 heterocycles. The van der Waals surface area contributed by atoms with Crippen molar-refractivity contribution < 1.29 is 27.1 Å². The van der Waals surface area contributed by atoms with Crippen LogP contribution in [-0.2, 0) is 10.9 Å². The molecule has 1 saturated heterocycles. The Morgan fingerprint density at radius 1 is 1.15 bits per heavy atom. The van der Waals surface area contributed by atoms with Gasteiger partial charge >= 0.3 is 6.18 Å². The molecular weight excluding hydrogens is 362 g/mol. The van der Waals surface area contributed by atoms with E-state index in [9.17, 15) is 22.4 Å². The van der Waals surface area contributed by atoms with Crippen molar-refractivity contribution in [1.82, 2.24) is 4.90 Å². The van der Waals surface area contributed by atoms with Gasteiger partial charge in [-0.1, -0.05) is 18.2 Å². The van der Waals surface area contributed by atoms with E-state index >= 15 is 0 Å². The first kappa shape index (κ1) is 19.4. The van der Waals surface area contributed by atoms with E-state index in [0.717, 1.165) is 24.3 Å². The van der Waals surface area contributed by atoms with Crippen LogP contribution >= 0.6 is 0 Å². The standard InChI is InChI=1S/C20H19F4NO2/c1-19(2)12-25(8-9-27-19)18(26)17-11-15(21)6-7-16(17)13-4-3-5-14(10-13)20(22,23)24/h3-7,10-11H,8-9,12H2,1-2H3. The number of hydrogen-bond acceptors (Lipinski definition) is 2. The monoisotopic (exact) mass is 381 g/mol. The van der Waals surface area contributed by atoms with E-state index in [-0.39, 0.29) is 16.7 Å². The number of alkyl halides is 3. The number of amides is 1. The zero-order valence-corrected chi connectivity index (χ0v) is 14.9. The van der Waals surface area contributed by atoms with E-state index in [1.807, 2.05) is 13.8 Å². The van der Waals surface area contributed by atoms with Gasteiger partial charge in [0.15, 0.2) is 0 Å². The minimum atomic E-state index is -4.51. The minimum Gasteiger partial charge on any atom is -0.372 e. The average molecular weight is 381 g/mol. The SMILES string of the molecule is CC1(C)CN(C(=O)c2cc(F)ccc2-c2cccc(C(F)(F)F)c2)CCO1. The lowest BCUT2D eigenvalue weighted by Gasteiger charge is -2.38. The molecule has 144 valence electrons. The number of nitrogens with zero attached hydrogens (tertiary/aromatic N) is 1. The van der Waals surface area contributed by atoms with Gasteiger partial charge in [-0.25, -0.2) is 4.39 Å². The number of hydrogen-bond donors (Lipinski definition) is 0. The van der Waals surface area contributed by atoms with Gasteiger partial charge in [-0.15, -0.1) is 0 Å².